The molecule has 9 nitrogen and oxygen atoms in total. The molecule has 0 saturated heterocycles. The zero-order chi connectivity index (χ0) is 21.9. The number of amides is 2. The molecule has 0 atom stereocenters. The molecule has 0 bridgehead atoms. The van der Waals surface area contributed by atoms with Crippen LogP contribution in [0, 0.1) is 27.6 Å². The van der Waals surface area contributed by atoms with Crippen LogP contribution in [0.2, 0.25) is 0 Å². The third-order valence-electron chi connectivity index (χ3n) is 3.51. The molecular weight excluding hydrogens is 419 g/mol. The van der Waals surface area contributed by atoms with Gasteiger partial charge in [0.25, 0.3) is 11.6 Å². The van der Waals surface area contributed by atoms with Gasteiger partial charge in [-0.2, -0.15) is 0 Å². The minimum Gasteiger partial charge on any atom is -0.343 e. The van der Waals surface area contributed by atoms with Crippen molar-refractivity contribution < 1.29 is 36.1 Å². The van der Waals surface area contributed by atoms with Gasteiger partial charge in [0.15, 0.2) is 27.3 Å². The fraction of sp³-hybridized carbons (Fsp3) is 0.125. The van der Waals surface area contributed by atoms with Crippen LogP contribution in [0.1, 0.15) is 10.4 Å². The number of sulfone groups is 1. The fourth-order valence-electron chi connectivity index (χ4n) is 2.11. The molecule has 0 fully saturated rings. The topological polar surface area (TPSA) is 135 Å². The first-order valence-corrected chi connectivity index (χ1v) is 9.50. The molecule has 0 saturated carbocycles. The Labute approximate surface area is 161 Å². The second kappa shape index (κ2) is 8.26. The van der Waals surface area contributed by atoms with Gasteiger partial charge in [0.1, 0.15) is 0 Å². The Bertz CT molecular complexity index is 1120. The minimum absolute atomic E-state index is 0.411. The molecule has 0 aliphatic heterocycles. The standard InChI is InChI=1S/C16H12F3N3O6S/c1-29(27,28)10-5-8(4-9(6-10)22(25)26)16(24)20-7-13(23)21-12-3-2-11(17)14(18)15(12)19/h2-6H,7H2,1H3,(H,20,24)(H,21,23). The van der Waals surface area contributed by atoms with E-state index in [4.69, 9.17) is 0 Å². The highest BCUT2D eigenvalue weighted by atomic mass is 32.2. The first-order valence-electron chi connectivity index (χ1n) is 7.61. The van der Waals surface area contributed by atoms with E-state index < -0.39 is 72.4 Å². The predicted octanol–water partition coefficient (Wildman–Crippen LogP) is 1.78. The second-order valence-corrected chi connectivity index (χ2v) is 7.71. The fourth-order valence-corrected chi connectivity index (χ4v) is 2.79. The highest BCUT2D eigenvalue weighted by Crippen LogP contribution is 2.21. The zero-order valence-corrected chi connectivity index (χ0v) is 15.3. The number of carbonyl (C=O) groups is 2. The van der Waals surface area contributed by atoms with Crippen molar-refractivity contribution in [1.29, 1.82) is 0 Å². The lowest BCUT2D eigenvalue weighted by Gasteiger charge is -2.09. The third-order valence-corrected chi connectivity index (χ3v) is 4.60. The summed E-state index contributed by atoms with van der Waals surface area (Å²) in [4.78, 5) is 33.5. The van der Waals surface area contributed by atoms with Gasteiger partial charge >= 0.3 is 0 Å². The molecule has 2 aromatic carbocycles. The molecule has 0 aliphatic carbocycles. The molecule has 0 radical (unpaired) electrons. The summed E-state index contributed by atoms with van der Waals surface area (Å²) in [5.41, 5.74) is -1.74. The van der Waals surface area contributed by atoms with E-state index >= 15 is 0 Å². The summed E-state index contributed by atoms with van der Waals surface area (Å²) in [6, 6.07) is 3.81. The van der Waals surface area contributed by atoms with Crippen LogP contribution in [0.3, 0.4) is 0 Å². The molecule has 2 rings (SSSR count). The number of nitrogens with one attached hydrogen (secondary N) is 2. The largest absolute Gasteiger partial charge is 0.343 e. The van der Waals surface area contributed by atoms with Gasteiger partial charge in [-0.25, -0.2) is 21.6 Å². The Morgan fingerprint density at radius 2 is 1.76 bits per heavy atom. The summed E-state index contributed by atoms with van der Waals surface area (Å²) in [6.45, 7) is -0.770. The van der Waals surface area contributed by atoms with Gasteiger partial charge in [0, 0.05) is 24.0 Å². The average Bonchev–Trinajstić information content (AvgIpc) is 2.65. The number of nitro benzene ring substituents is 1. The minimum atomic E-state index is -3.87. The van der Waals surface area contributed by atoms with Gasteiger partial charge in [-0.05, 0) is 18.2 Å². The summed E-state index contributed by atoms with van der Waals surface area (Å²) in [5.74, 6) is -6.93. The number of anilines is 1. The first-order chi connectivity index (χ1) is 13.4. The molecule has 0 aliphatic rings. The molecule has 0 unspecified atom stereocenters. The van der Waals surface area contributed by atoms with E-state index in [0.29, 0.717) is 6.07 Å². The highest BCUT2D eigenvalue weighted by Gasteiger charge is 2.20. The lowest BCUT2D eigenvalue weighted by Crippen LogP contribution is -2.33. The van der Waals surface area contributed by atoms with Crippen LogP contribution in [0.5, 0.6) is 0 Å². The zero-order valence-electron chi connectivity index (χ0n) is 14.5. The van der Waals surface area contributed by atoms with Crippen molar-refractivity contribution in [1.82, 2.24) is 5.32 Å². The van der Waals surface area contributed by atoms with Gasteiger partial charge in [0.2, 0.25) is 5.91 Å². The van der Waals surface area contributed by atoms with Crippen LogP contribution in [0.15, 0.2) is 35.2 Å². The quantitative estimate of drug-likeness (QED) is 0.407. The van der Waals surface area contributed by atoms with Gasteiger partial charge in [-0.1, -0.05) is 0 Å². The molecule has 2 N–H and O–H groups in total. The number of non-ortho nitro benzene ring substituents is 1. The number of hydrogen-bond acceptors (Lipinski definition) is 6. The molecular formula is C16H12F3N3O6S. The van der Waals surface area contributed by atoms with Crippen molar-refractivity contribution >= 4 is 33.0 Å². The Morgan fingerprint density at radius 3 is 2.34 bits per heavy atom. The van der Waals surface area contributed by atoms with E-state index in [1.807, 2.05) is 5.32 Å². The SMILES string of the molecule is CS(=O)(=O)c1cc(C(=O)NCC(=O)Nc2ccc(F)c(F)c2F)cc([N+](=O)[O-])c1. The van der Waals surface area contributed by atoms with E-state index in [-0.39, 0.29) is 0 Å². The number of hydrogen-bond donors (Lipinski definition) is 2. The Hall–Kier alpha value is -3.48. The van der Waals surface area contributed by atoms with Crippen molar-refractivity contribution in [3.63, 3.8) is 0 Å². The molecule has 13 heteroatoms. The Kier molecular flexibility index (Phi) is 6.21. The smallest absolute Gasteiger partial charge is 0.271 e. The number of nitro groups is 1. The van der Waals surface area contributed by atoms with E-state index in [9.17, 15) is 41.3 Å². The van der Waals surface area contributed by atoms with Crippen molar-refractivity contribution in [3.05, 3.63) is 63.5 Å². The normalized spacial score (nSPS) is 11.0. The molecule has 0 aromatic heterocycles. The number of nitrogens with zero attached hydrogens (tertiary/aromatic N) is 1. The number of benzene rings is 2. The maximum atomic E-state index is 13.5. The highest BCUT2D eigenvalue weighted by molar-refractivity contribution is 7.90. The molecule has 2 aromatic rings. The van der Waals surface area contributed by atoms with Crippen LogP contribution < -0.4 is 10.6 Å². The Balaban J connectivity index is 2.15. The molecule has 29 heavy (non-hydrogen) atoms. The van der Waals surface area contributed by atoms with Crippen molar-refractivity contribution in [2.24, 2.45) is 0 Å². The van der Waals surface area contributed by atoms with Crippen LogP contribution in [-0.2, 0) is 14.6 Å². The van der Waals surface area contributed by atoms with Crippen molar-refractivity contribution in [2.45, 2.75) is 4.90 Å². The van der Waals surface area contributed by atoms with Crippen LogP contribution >= 0.6 is 0 Å². The van der Waals surface area contributed by atoms with E-state index in [1.54, 1.807) is 0 Å². The summed E-state index contributed by atoms with van der Waals surface area (Å²) in [5, 5.41) is 14.9. The predicted molar refractivity (Wildman–Crippen MR) is 93.5 cm³/mol. The van der Waals surface area contributed by atoms with E-state index in [1.165, 1.54) is 0 Å². The summed E-state index contributed by atoms with van der Waals surface area (Å²) in [7, 11) is -3.87. The molecule has 0 heterocycles. The maximum absolute atomic E-state index is 13.5. The molecule has 0 spiro atoms. The maximum Gasteiger partial charge on any atom is 0.271 e. The summed E-state index contributed by atoms with van der Waals surface area (Å²) >= 11 is 0. The van der Waals surface area contributed by atoms with E-state index in [2.05, 4.69) is 5.32 Å². The number of carbonyl (C=O) groups excluding carboxylic acids is 2. The van der Waals surface area contributed by atoms with E-state index in [0.717, 1.165) is 30.5 Å². The number of halogens is 3. The molecule has 154 valence electrons. The van der Waals surface area contributed by atoms with Crippen molar-refractivity contribution in [2.75, 3.05) is 18.1 Å². The van der Waals surface area contributed by atoms with Gasteiger partial charge < -0.3 is 10.6 Å². The third kappa shape index (κ3) is 5.28. The van der Waals surface area contributed by atoms with Gasteiger partial charge in [0.05, 0.1) is 22.1 Å². The summed E-state index contributed by atoms with van der Waals surface area (Å²) in [6.07, 6.45) is 0.789. The number of rotatable bonds is 6. The van der Waals surface area contributed by atoms with Crippen molar-refractivity contribution in [3.8, 4) is 0 Å². The van der Waals surface area contributed by atoms with Crippen LogP contribution in [0.25, 0.3) is 0 Å². The second-order valence-electron chi connectivity index (χ2n) is 5.70. The van der Waals surface area contributed by atoms with Gasteiger partial charge in [-0.15, -0.1) is 0 Å². The Morgan fingerprint density at radius 1 is 1.10 bits per heavy atom. The lowest BCUT2D eigenvalue weighted by atomic mass is 10.2. The monoisotopic (exact) mass is 431 g/mol. The van der Waals surface area contributed by atoms with Gasteiger partial charge in [-0.3, -0.25) is 19.7 Å². The van der Waals surface area contributed by atoms with Crippen LogP contribution in [0.4, 0.5) is 24.5 Å². The van der Waals surface area contributed by atoms with Crippen LogP contribution in [-0.4, -0.2) is 38.0 Å². The molecule has 2 amide bonds. The summed E-state index contributed by atoms with van der Waals surface area (Å²) < 4.78 is 62.8. The average molecular weight is 431 g/mol. The lowest BCUT2D eigenvalue weighted by molar-refractivity contribution is -0.385. The first kappa shape index (κ1) is 21.8.